The van der Waals surface area contributed by atoms with Gasteiger partial charge in [-0.3, -0.25) is 10.1 Å². The predicted octanol–water partition coefficient (Wildman–Crippen LogP) is 2.84. The summed E-state index contributed by atoms with van der Waals surface area (Å²) in [5, 5.41) is 16.4. The summed E-state index contributed by atoms with van der Waals surface area (Å²) in [4.78, 5) is 35.4. The molecule has 0 fully saturated rings. The van der Waals surface area contributed by atoms with Crippen molar-refractivity contribution in [3.8, 4) is 5.75 Å². The van der Waals surface area contributed by atoms with Gasteiger partial charge < -0.3 is 20.1 Å². The number of hydrogen-bond donors (Lipinski definition) is 2. The lowest BCUT2D eigenvalue weighted by atomic mass is 9.94. The number of ether oxygens (including phenoxy) is 2. The summed E-state index contributed by atoms with van der Waals surface area (Å²) in [6.07, 6.45) is 0. The minimum Gasteiger partial charge on any atom is -0.490 e. The molecule has 0 saturated carbocycles. The molecule has 0 radical (unpaired) electrons. The van der Waals surface area contributed by atoms with Crippen molar-refractivity contribution >= 4 is 17.7 Å². The third-order valence-corrected chi connectivity index (χ3v) is 4.26. The molecule has 0 spiro atoms. The van der Waals surface area contributed by atoms with Crippen molar-refractivity contribution in [1.29, 1.82) is 0 Å². The minimum atomic E-state index is -1.01. The molecule has 2 amide bonds. The van der Waals surface area contributed by atoms with Gasteiger partial charge in [-0.25, -0.2) is 9.59 Å². The molecule has 150 valence electrons. The molecule has 0 aliphatic carbocycles. The Morgan fingerprint density at radius 1 is 1.10 bits per heavy atom. The first-order valence-corrected chi connectivity index (χ1v) is 8.84. The third kappa shape index (κ3) is 4.70. The van der Waals surface area contributed by atoms with Gasteiger partial charge in [0.2, 0.25) is 0 Å². The normalized spacial score (nSPS) is 15.9. The topological polar surface area (TPSA) is 120 Å². The summed E-state index contributed by atoms with van der Waals surface area (Å²) >= 11 is 0. The van der Waals surface area contributed by atoms with Crippen molar-refractivity contribution in [3.63, 3.8) is 0 Å². The number of benzene rings is 2. The number of esters is 1. The summed E-state index contributed by atoms with van der Waals surface area (Å²) in [7, 11) is 0. The molecule has 9 heteroatoms. The van der Waals surface area contributed by atoms with Crippen molar-refractivity contribution in [2.24, 2.45) is 0 Å². The molecule has 0 bridgehead atoms. The molecule has 1 atom stereocenters. The lowest BCUT2D eigenvalue weighted by molar-refractivity contribution is -0.385. The van der Waals surface area contributed by atoms with E-state index in [1.807, 2.05) is 18.2 Å². The lowest BCUT2D eigenvalue weighted by Gasteiger charge is -2.27. The van der Waals surface area contributed by atoms with Gasteiger partial charge in [0, 0.05) is 11.8 Å². The molecule has 1 aliphatic rings. The molecule has 0 saturated heterocycles. The zero-order chi connectivity index (χ0) is 20.8. The second-order valence-electron chi connectivity index (χ2n) is 6.18. The highest BCUT2D eigenvalue weighted by Gasteiger charge is 2.35. The first-order chi connectivity index (χ1) is 14.0. The Morgan fingerprint density at radius 3 is 2.52 bits per heavy atom. The number of nitro groups is 1. The van der Waals surface area contributed by atoms with Crippen molar-refractivity contribution in [3.05, 3.63) is 81.5 Å². The zero-order valence-corrected chi connectivity index (χ0v) is 15.6. The monoisotopic (exact) mass is 397 g/mol. The SMILES string of the molecule is CC1=C(C(=O)OCCOc2ccccc2)C(c2ccccc2[N+](=O)[O-])NC(=O)N1. The predicted molar refractivity (Wildman–Crippen MR) is 103 cm³/mol. The van der Waals surface area contributed by atoms with Gasteiger partial charge in [0.1, 0.15) is 19.0 Å². The van der Waals surface area contributed by atoms with Crippen LogP contribution in [0.1, 0.15) is 18.5 Å². The lowest BCUT2D eigenvalue weighted by Crippen LogP contribution is -2.45. The van der Waals surface area contributed by atoms with E-state index in [9.17, 15) is 19.7 Å². The Bertz CT molecular complexity index is 958. The van der Waals surface area contributed by atoms with Crippen LogP contribution in [0.3, 0.4) is 0 Å². The van der Waals surface area contributed by atoms with E-state index in [2.05, 4.69) is 10.6 Å². The summed E-state index contributed by atoms with van der Waals surface area (Å²) in [6, 6.07) is 13.4. The second kappa shape index (κ2) is 8.87. The number of nitrogens with zero attached hydrogens (tertiary/aromatic N) is 1. The van der Waals surface area contributed by atoms with Crippen LogP contribution in [0.25, 0.3) is 0 Å². The number of allylic oxidation sites excluding steroid dienone is 1. The molecule has 1 aliphatic heterocycles. The minimum absolute atomic E-state index is 0.0257. The number of urea groups is 1. The molecular formula is C20H19N3O6. The Morgan fingerprint density at radius 2 is 1.79 bits per heavy atom. The Labute approximate surface area is 166 Å². The average Bonchev–Trinajstić information content (AvgIpc) is 2.71. The molecule has 29 heavy (non-hydrogen) atoms. The van der Waals surface area contributed by atoms with Crippen molar-refractivity contribution in [2.75, 3.05) is 13.2 Å². The largest absolute Gasteiger partial charge is 0.490 e. The van der Waals surface area contributed by atoms with Crippen LogP contribution in [-0.4, -0.2) is 30.1 Å². The summed E-state index contributed by atoms with van der Waals surface area (Å²) in [5.41, 5.74) is 0.355. The van der Waals surface area contributed by atoms with E-state index < -0.39 is 23.0 Å². The van der Waals surface area contributed by atoms with Gasteiger partial charge in [-0.05, 0) is 25.1 Å². The molecule has 2 N–H and O–H groups in total. The van der Waals surface area contributed by atoms with E-state index in [-0.39, 0.29) is 35.7 Å². The van der Waals surface area contributed by atoms with E-state index in [0.717, 1.165) is 0 Å². The molecule has 2 aromatic carbocycles. The smallest absolute Gasteiger partial charge is 0.338 e. The first kappa shape index (κ1) is 19.9. The van der Waals surface area contributed by atoms with Gasteiger partial charge in [-0.1, -0.05) is 30.3 Å². The van der Waals surface area contributed by atoms with Gasteiger partial charge in [-0.2, -0.15) is 0 Å². The van der Waals surface area contributed by atoms with Gasteiger partial charge in [0.25, 0.3) is 5.69 Å². The fourth-order valence-corrected chi connectivity index (χ4v) is 2.98. The first-order valence-electron chi connectivity index (χ1n) is 8.84. The van der Waals surface area contributed by atoms with Crippen LogP contribution < -0.4 is 15.4 Å². The second-order valence-corrected chi connectivity index (χ2v) is 6.18. The van der Waals surface area contributed by atoms with Crippen molar-refractivity contribution in [1.82, 2.24) is 10.6 Å². The highest BCUT2D eigenvalue weighted by atomic mass is 16.6. The van der Waals surface area contributed by atoms with Gasteiger partial charge >= 0.3 is 12.0 Å². The number of nitrogens with one attached hydrogen (secondary N) is 2. The summed E-state index contributed by atoms with van der Waals surface area (Å²) in [5.74, 6) is -0.0573. The summed E-state index contributed by atoms with van der Waals surface area (Å²) < 4.78 is 10.8. The average molecular weight is 397 g/mol. The Balaban J connectivity index is 1.76. The van der Waals surface area contributed by atoms with Crippen LogP contribution in [0.2, 0.25) is 0 Å². The number of rotatable bonds is 7. The Kier molecular flexibility index (Phi) is 6.08. The van der Waals surface area contributed by atoms with Crippen LogP contribution in [0.4, 0.5) is 10.5 Å². The maximum absolute atomic E-state index is 12.7. The van der Waals surface area contributed by atoms with Crippen LogP contribution in [0, 0.1) is 10.1 Å². The third-order valence-electron chi connectivity index (χ3n) is 4.26. The molecular weight excluding hydrogens is 378 g/mol. The Hall–Kier alpha value is -3.88. The number of nitro benzene ring substituents is 1. The molecule has 1 heterocycles. The standard InChI is InChI=1S/C20H19N3O6/c1-13-17(19(24)29-12-11-28-14-7-3-2-4-8-14)18(22-20(25)21-13)15-9-5-6-10-16(15)23(26)27/h2-10,18H,11-12H2,1H3,(H2,21,22,25). The van der Waals surface area contributed by atoms with Gasteiger partial charge in [0.05, 0.1) is 22.1 Å². The number of carbonyl (C=O) groups is 2. The van der Waals surface area contributed by atoms with Crippen molar-refractivity contribution in [2.45, 2.75) is 13.0 Å². The quantitative estimate of drug-likeness (QED) is 0.321. The fraction of sp³-hybridized carbons (Fsp3) is 0.200. The van der Waals surface area contributed by atoms with Gasteiger partial charge in [-0.15, -0.1) is 0 Å². The maximum Gasteiger partial charge on any atom is 0.338 e. The number of carbonyl (C=O) groups excluding carboxylic acids is 2. The number of hydrogen-bond acceptors (Lipinski definition) is 6. The zero-order valence-electron chi connectivity index (χ0n) is 15.6. The summed E-state index contributed by atoms with van der Waals surface area (Å²) in [6.45, 7) is 1.65. The van der Waals surface area contributed by atoms with Crippen molar-refractivity contribution < 1.29 is 24.0 Å². The van der Waals surface area contributed by atoms with E-state index >= 15 is 0 Å². The van der Waals surface area contributed by atoms with Crippen LogP contribution in [0.15, 0.2) is 65.9 Å². The number of amides is 2. The van der Waals surface area contributed by atoms with E-state index in [0.29, 0.717) is 5.75 Å². The maximum atomic E-state index is 12.7. The van der Waals surface area contributed by atoms with E-state index in [1.54, 1.807) is 18.2 Å². The van der Waals surface area contributed by atoms with Gasteiger partial charge in [0.15, 0.2) is 0 Å². The molecule has 2 aromatic rings. The van der Waals surface area contributed by atoms with Crippen LogP contribution >= 0.6 is 0 Å². The highest BCUT2D eigenvalue weighted by molar-refractivity contribution is 5.95. The van der Waals surface area contributed by atoms with Crippen LogP contribution in [-0.2, 0) is 9.53 Å². The molecule has 9 nitrogen and oxygen atoms in total. The molecule has 1 unspecified atom stereocenters. The van der Waals surface area contributed by atoms with E-state index in [1.165, 1.54) is 25.1 Å². The van der Waals surface area contributed by atoms with Crippen LogP contribution in [0.5, 0.6) is 5.75 Å². The fourth-order valence-electron chi connectivity index (χ4n) is 2.98. The van der Waals surface area contributed by atoms with E-state index in [4.69, 9.17) is 9.47 Å². The highest BCUT2D eigenvalue weighted by Crippen LogP contribution is 2.33. The molecule has 3 rings (SSSR count). The molecule has 0 aromatic heterocycles. The number of para-hydroxylation sites is 2.